The Bertz CT molecular complexity index is 1380. The van der Waals surface area contributed by atoms with Gasteiger partial charge in [-0.3, -0.25) is 9.69 Å². The summed E-state index contributed by atoms with van der Waals surface area (Å²) in [7, 11) is 2.22. The Labute approximate surface area is 204 Å². The molecule has 0 spiro atoms. The second-order valence-electron chi connectivity index (χ2n) is 9.77. The third-order valence-electron chi connectivity index (χ3n) is 7.71. The number of nitrogens with two attached hydrogens (primary N) is 1. The second kappa shape index (κ2) is 8.94. The van der Waals surface area contributed by atoms with E-state index in [1.54, 1.807) is 6.07 Å². The molecule has 180 valence electrons. The number of hydrogen-bond donors (Lipinski definition) is 1. The molecular weight excluding hydrogens is 438 g/mol. The number of amides is 1. The van der Waals surface area contributed by atoms with E-state index in [4.69, 9.17) is 10.7 Å². The zero-order valence-corrected chi connectivity index (χ0v) is 20.1. The Balaban J connectivity index is 1.25. The molecule has 2 aliphatic rings. The van der Waals surface area contributed by atoms with E-state index >= 15 is 0 Å². The molecule has 0 unspecified atom stereocenters. The molecule has 2 aliphatic heterocycles. The smallest absolute Gasteiger partial charge is 0.249 e. The van der Waals surface area contributed by atoms with Gasteiger partial charge in [-0.15, -0.1) is 0 Å². The molecule has 0 atom stereocenters. The number of fused-ring (bicyclic) bond motifs is 2. The number of piperidine rings is 1. The lowest BCUT2D eigenvalue weighted by Crippen LogP contribution is -2.53. The minimum absolute atomic E-state index is 0.425. The summed E-state index contributed by atoms with van der Waals surface area (Å²) in [4.78, 5) is 24.3. The zero-order chi connectivity index (χ0) is 23.9. The van der Waals surface area contributed by atoms with Crippen molar-refractivity contribution in [2.45, 2.75) is 18.9 Å². The van der Waals surface area contributed by atoms with E-state index in [-0.39, 0.29) is 0 Å². The lowest BCUT2D eigenvalue weighted by molar-refractivity contribution is 0.100. The summed E-state index contributed by atoms with van der Waals surface area (Å²) in [6.07, 6.45) is 8.45. The van der Waals surface area contributed by atoms with Crippen molar-refractivity contribution in [3.63, 3.8) is 0 Å². The Morgan fingerprint density at radius 3 is 2.40 bits per heavy atom. The fraction of sp³-hybridized carbons (Fsp3) is 0.370. The van der Waals surface area contributed by atoms with Gasteiger partial charge in [-0.1, -0.05) is 30.3 Å². The molecule has 2 N–H and O–H groups in total. The maximum atomic E-state index is 11.9. The highest BCUT2D eigenvalue weighted by Gasteiger charge is 2.27. The van der Waals surface area contributed by atoms with Gasteiger partial charge in [-0.05, 0) is 55.4 Å². The normalized spacial score (nSPS) is 18.5. The molecule has 8 heteroatoms. The molecule has 2 saturated heterocycles. The van der Waals surface area contributed by atoms with Crippen LogP contribution in [0.25, 0.3) is 27.5 Å². The summed E-state index contributed by atoms with van der Waals surface area (Å²) >= 11 is 0. The van der Waals surface area contributed by atoms with E-state index in [1.165, 1.54) is 25.9 Å². The number of benzene rings is 2. The molecule has 4 aromatic rings. The number of carbonyl (C=O) groups is 1. The van der Waals surface area contributed by atoms with Crippen molar-refractivity contribution in [1.82, 2.24) is 24.4 Å². The Morgan fingerprint density at radius 2 is 1.66 bits per heavy atom. The zero-order valence-electron chi connectivity index (χ0n) is 20.1. The fourth-order valence-corrected chi connectivity index (χ4v) is 5.67. The summed E-state index contributed by atoms with van der Waals surface area (Å²) in [5.41, 5.74) is 9.97. The topological polar surface area (TPSA) is 83.0 Å². The summed E-state index contributed by atoms with van der Waals surface area (Å²) in [5.74, 6) is -0.425. The van der Waals surface area contributed by atoms with Gasteiger partial charge in [-0.25, -0.2) is 9.50 Å². The minimum Gasteiger partial charge on any atom is -0.366 e. The van der Waals surface area contributed by atoms with Crippen LogP contribution >= 0.6 is 0 Å². The van der Waals surface area contributed by atoms with Gasteiger partial charge in [0.05, 0.1) is 24.3 Å². The van der Waals surface area contributed by atoms with Gasteiger partial charge in [0.25, 0.3) is 0 Å². The maximum absolute atomic E-state index is 11.9. The molecule has 0 saturated carbocycles. The van der Waals surface area contributed by atoms with Crippen LogP contribution in [0, 0.1) is 0 Å². The first-order valence-corrected chi connectivity index (χ1v) is 12.4. The Kier molecular flexibility index (Phi) is 5.62. The molecule has 0 bridgehead atoms. The SMILES string of the molecule is CN1CCC(N2CCN(c3cnc4c(-c5ccc(C(N)=O)c6ccccc56)cnn4c3)CC2)CC1. The molecule has 8 nitrogen and oxygen atoms in total. The third-order valence-corrected chi connectivity index (χ3v) is 7.71. The number of primary amides is 1. The Hall–Kier alpha value is -3.49. The predicted molar refractivity (Wildman–Crippen MR) is 139 cm³/mol. The van der Waals surface area contributed by atoms with Gasteiger partial charge in [0, 0.05) is 43.3 Å². The van der Waals surface area contributed by atoms with E-state index in [0.717, 1.165) is 65.5 Å². The number of rotatable bonds is 4. The van der Waals surface area contributed by atoms with Crippen LogP contribution in [0.1, 0.15) is 23.2 Å². The van der Waals surface area contributed by atoms with Crippen molar-refractivity contribution in [2.24, 2.45) is 5.73 Å². The minimum atomic E-state index is -0.425. The first-order chi connectivity index (χ1) is 17.1. The van der Waals surface area contributed by atoms with Crippen LogP contribution in [-0.2, 0) is 0 Å². The van der Waals surface area contributed by atoms with Gasteiger partial charge >= 0.3 is 0 Å². The van der Waals surface area contributed by atoms with Crippen LogP contribution in [0.5, 0.6) is 0 Å². The lowest BCUT2D eigenvalue weighted by atomic mass is 9.96. The van der Waals surface area contributed by atoms with Gasteiger partial charge in [0.15, 0.2) is 5.65 Å². The summed E-state index contributed by atoms with van der Waals surface area (Å²) < 4.78 is 1.87. The average molecular weight is 470 g/mol. The van der Waals surface area contributed by atoms with Gasteiger partial charge in [0.1, 0.15) is 0 Å². The predicted octanol–water partition coefficient (Wildman–Crippen LogP) is 2.86. The van der Waals surface area contributed by atoms with Crippen molar-refractivity contribution < 1.29 is 4.79 Å². The molecule has 6 rings (SSSR count). The van der Waals surface area contributed by atoms with Gasteiger partial charge in [-0.2, -0.15) is 5.10 Å². The first kappa shape index (κ1) is 22.0. The van der Waals surface area contributed by atoms with E-state index in [9.17, 15) is 4.79 Å². The van der Waals surface area contributed by atoms with E-state index in [1.807, 2.05) is 47.2 Å². The molecule has 2 aromatic heterocycles. The van der Waals surface area contributed by atoms with Crippen LogP contribution in [-0.4, -0.2) is 82.7 Å². The van der Waals surface area contributed by atoms with E-state index < -0.39 is 5.91 Å². The number of aromatic nitrogens is 3. The molecule has 2 fully saturated rings. The molecule has 35 heavy (non-hydrogen) atoms. The second-order valence-corrected chi connectivity index (χ2v) is 9.77. The molecule has 1 amide bonds. The lowest BCUT2D eigenvalue weighted by Gasteiger charge is -2.42. The van der Waals surface area contributed by atoms with Crippen LogP contribution in [0.3, 0.4) is 0 Å². The highest BCUT2D eigenvalue weighted by atomic mass is 16.1. The van der Waals surface area contributed by atoms with Crippen molar-refractivity contribution in [2.75, 3.05) is 51.2 Å². The summed E-state index contributed by atoms with van der Waals surface area (Å²) in [6, 6.07) is 12.3. The maximum Gasteiger partial charge on any atom is 0.249 e. The van der Waals surface area contributed by atoms with E-state index in [2.05, 4.69) is 33.0 Å². The number of hydrogen-bond acceptors (Lipinski definition) is 6. The van der Waals surface area contributed by atoms with Crippen molar-refractivity contribution in [3.05, 3.63) is 60.6 Å². The number of anilines is 1. The van der Waals surface area contributed by atoms with Crippen molar-refractivity contribution in [1.29, 1.82) is 0 Å². The molecule has 2 aromatic carbocycles. The highest BCUT2D eigenvalue weighted by Crippen LogP contribution is 2.33. The highest BCUT2D eigenvalue weighted by molar-refractivity contribution is 6.11. The molecule has 0 aliphatic carbocycles. The standard InChI is InChI=1S/C27H31N7O/c1-31-10-8-19(9-11-31)32-12-14-33(15-13-32)20-16-29-27-25(17-30-34(27)18-20)23-6-7-24(26(28)35)22-5-3-2-4-21(22)23/h2-7,16-19H,8-15H2,1H3,(H2,28,35). The van der Waals surface area contributed by atoms with Crippen LogP contribution in [0.15, 0.2) is 55.0 Å². The third kappa shape index (κ3) is 4.02. The first-order valence-electron chi connectivity index (χ1n) is 12.4. The fourth-order valence-electron chi connectivity index (χ4n) is 5.67. The van der Waals surface area contributed by atoms with Gasteiger partial charge in [0.2, 0.25) is 5.91 Å². The number of likely N-dealkylation sites (tertiary alicyclic amines) is 1. The number of piperazine rings is 1. The quantitative estimate of drug-likeness (QED) is 0.495. The molecule has 0 radical (unpaired) electrons. The van der Waals surface area contributed by atoms with Crippen LogP contribution < -0.4 is 10.6 Å². The van der Waals surface area contributed by atoms with Crippen molar-refractivity contribution in [3.8, 4) is 11.1 Å². The van der Waals surface area contributed by atoms with E-state index in [0.29, 0.717) is 5.56 Å². The Morgan fingerprint density at radius 1 is 0.914 bits per heavy atom. The summed E-state index contributed by atoms with van der Waals surface area (Å²) in [6.45, 7) is 6.60. The van der Waals surface area contributed by atoms with Crippen LogP contribution in [0.4, 0.5) is 5.69 Å². The number of nitrogens with zero attached hydrogens (tertiary/aromatic N) is 6. The summed E-state index contributed by atoms with van der Waals surface area (Å²) in [5, 5.41) is 6.44. The monoisotopic (exact) mass is 469 g/mol. The molecule has 4 heterocycles. The average Bonchev–Trinajstić information content (AvgIpc) is 3.31. The number of carbonyl (C=O) groups excluding carboxylic acids is 1. The molecular formula is C27H31N7O. The largest absolute Gasteiger partial charge is 0.366 e. The van der Waals surface area contributed by atoms with Crippen LogP contribution in [0.2, 0.25) is 0 Å². The van der Waals surface area contributed by atoms with Gasteiger partial charge < -0.3 is 15.5 Å². The van der Waals surface area contributed by atoms with Crippen molar-refractivity contribution >= 4 is 28.0 Å².